The first-order valence-electron chi connectivity index (χ1n) is 12.0. The fraction of sp³-hybridized carbons (Fsp3) is 0.357. The third-order valence-corrected chi connectivity index (χ3v) is 6.49. The van der Waals surface area contributed by atoms with Crippen LogP contribution in [-0.4, -0.2) is 44.0 Å². The lowest BCUT2D eigenvalue weighted by Crippen LogP contribution is -2.48. The summed E-state index contributed by atoms with van der Waals surface area (Å²) >= 11 is 0. The van der Waals surface area contributed by atoms with Crippen molar-refractivity contribution in [3.05, 3.63) is 82.7 Å². The summed E-state index contributed by atoms with van der Waals surface area (Å²) in [5.74, 6) is -2.83. The minimum absolute atomic E-state index is 0.0111. The zero-order valence-corrected chi connectivity index (χ0v) is 20.8. The number of hydrogen-bond donors (Lipinski definition) is 1. The van der Waals surface area contributed by atoms with Gasteiger partial charge in [0.05, 0.1) is 12.2 Å². The van der Waals surface area contributed by atoms with Gasteiger partial charge in [0.25, 0.3) is 0 Å². The van der Waals surface area contributed by atoms with Crippen LogP contribution in [0.4, 0.5) is 13.2 Å². The van der Waals surface area contributed by atoms with Crippen molar-refractivity contribution in [1.82, 2.24) is 14.7 Å². The second kappa shape index (κ2) is 9.93. The largest absolute Gasteiger partial charge is 0.478 e. The van der Waals surface area contributed by atoms with Gasteiger partial charge in [-0.3, -0.25) is 9.58 Å². The minimum atomic E-state index is -1.59. The molecule has 0 spiro atoms. The third-order valence-electron chi connectivity index (χ3n) is 6.49. The topological polar surface area (TPSA) is 58.4 Å². The summed E-state index contributed by atoms with van der Waals surface area (Å²) in [6.45, 7) is 7.57. The molecule has 1 aromatic heterocycles. The molecule has 0 aliphatic carbocycles. The van der Waals surface area contributed by atoms with E-state index < -0.39 is 29.3 Å². The average Bonchev–Trinajstić information content (AvgIpc) is 3.27. The average molecular weight is 498 g/mol. The molecule has 0 bridgehead atoms. The van der Waals surface area contributed by atoms with Crippen LogP contribution in [0.3, 0.4) is 0 Å². The van der Waals surface area contributed by atoms with Crippen molar-refractivity contribution in [1.29, 1.82) is 0 Å². The van der Waals surface area contributed by atoms with Crippen LogP contribution < -0.4 is 0 Å². The van der Waals surface area contributed by atoms with Gasteiger partial charge in [-0.2, -0.15) is 5.10 Å². The molecule has 1 aliphatic rings. The molecule has 4 rings (SSSR count). The fourth-order valence-electron chi connectivity index (χ4n) is 4.91. The number of nitrogens with zero attached hydrogens (tertiary/aromatic N) is 3. The number of aromatic nitrogens is 2. The Labute approximate surface area is 208 Å². The maximum absolute atomic E-state index is 15.5. The van der Waals surface area contributed by atoms with Crippen LogP contribution in [0.1, 0.15) is 56.0 Å². The molecule has 3 aromatic rings. The number of carbonyl (C=O) groups is 1. The molecule has 0 saturated carbocycles. The molecule has 0 fully saturated rings. The molecular weight excluding hydrogens is 467 g/mol. The quantitative estimate of drug-likeness (QED) is 0.405. The van der Waals surface area contributed by atoms with Crippen molar-refractivity contribution in [3.63, 3.8) is 0 Å². The van der Waals surface area contributed by atoms with Gasteiger partial charge in [0.2, 0.25) is 0 Å². The summed E-state index contributed by atoms with van der Waals surface area (Å²) in [4.78, 5) is 12.6. The lowest BCUT2D eigenvalue weighted by molar-refractivity contribution is -0.131. The third kappa shape index (κ3) is 5.38. The van der Waals surface area contributed by atoms with Crippen molar-refractivity contribution in [2.24, 2.45) is 0 Å². The van der Waals surface area contributed by atoms with Crippen LogP contribution in [0.15, 0.2) is 48.8 Å². The van der Waals surface area contributed by atoms with Gasteiger partial charge in [0.1, 0.15) is 17.3 Å². The monoisotopic (exact) mass is 497 g/mol. The van der Waals surface area contributed by atoms with E-state index in [1.165, 1.54) is 13.8 Å². The zero-order chi connectivity index (χ0) is 26.2. The maximum atomic E-state index is 15.5. The molecule has 2 atom stereocenters. The standard InChI is InChI=1S/C28H30F3N3O2/c1-5-33-15-21(14-32-33)19-7-8-22-20(13-19)10-17(2)34(16-28(3,4)31)27(22)26-23(29)11-18(12-24(26)30)6-9-25(35)36/h6-9,11-15,17,27H,5,10,16H2,1-4H3,(H,35,36)/b9-6+/t17?,27-/m1/s1. The second-order valence-corrected chi connectivity index (χ2v) is 9.91. The number of rotatable bonds is 7. The lowest BCUT2D eigenvalue weighted by atomic mass is 9.82. The minimum Gasteiger partial charge on any atom is -0.478 e. The highest BCUT2D eigenvalue weighted by molar-refractivity contribution is 5.85. The van der Waals surface area contributed by atoms with Crippen molar-refractivity contribution < 1.29 is 23.1 Å². The van der Waals surface area contributed by atoms with Gasteiger partial charge in [0, 0.05) is 42.5 Å². The Balaban J connectivity index is 1.84. The van der Waals surface area contributed by atoms with E-state index in [1.807, 2.05) is 47.8 Å². The molecule has 190 valence electrons. The predicted molar refractivity (Wildman–Crippen MR) is 133 cm³/mol. The fourth-order valence-corrected chi connectivity index (χ4v) is 4.91. The molecule has 8 heteroatoms. The molecule has 0 amide bonds. The van der Waals surface area contributed by atoms with E-state index in [9.17, 15) is 9.18 Å². The number of halogens is 3. The van der Waals surface area contributed by atoms with Crippen LogP contribution in [0.2, 0.25) is 0 Å². The summed E-state index contributed by atoms with van der Waals surface area (Å²) in [6.07, 6.45) is 6.30. The number of carboxylic acid groups (broad SMARTS) is 1. The molecule has 0 saturated heterocycles. The van der Waals surface area contributed by atoms with Gasteiger partial charge < -0.3 is 5.11 Å². The molecule has 36 heavy (non-hydrogen) atoms. The molecule has 1 N–H and O–H groups in total. The summed E-state index contributed by atoms with van der Waals surface area (Å²) in [7, 11) is 0. The number of fused-ring (bicyclic) bond motifs is 1. The van der Waals surface area contributed by atoms with Crippen molar-refractivity contribution in [3.8, 4) is 11.1 Å². The van der Waals surface area contributed by atoms with Crippen LogP contribution in [0, 0.1) is 11.6 Å². The van der Waals surface area contributed by atoms with E-state index in [0.717, 1.165) is 53.1 Å². The summed E-state index contributed by atoms with van der Waals surface area (Å²) in [5, 5.41) is 13.2. The summed E-state index contributed by atoms with van der Waals surface area (Å²) in [5.41, 5.74) is 1.89. The van der Waals surface area contributed by atoms with Gasteiger partial charge in [-0.25, -0.2) is 18.0 Å². The lowest BCUT2D eigenvalue weighted by Gasteiger charge is -2.44. The number of carboxylic acids is 1. The van der Waals surface area contributed by atoms with Crippen LogP contribution in [0.5, 0.6) is 0 Å². The van der Waals surface area contributed by atoms with Crippen LogP contribution in [0.25, 0.3) is 17.2 Å². The molecule has 1 unspecified atom stereocenters. The van der Waals surface area contributed by atoms with Gasteiger partial charge in [-0.15, -0.1) is 0 Å². The second-order valence-electron chi connectivity index (χ2n) is 9.91. The number of aliphatic carboxylic acids is 1. The number of alkyl halides is 1. The van der Waals surface area contributed by atoms with E-state index in [0.29, 0.717) is 6.42 Å². The Morgan fingerprint density at radius 2 is 1.89 bits per heavy atom. The first kappa shape index (κ1) is 25.7. The molecule has 1 aliphatic heterocycles. The SMILES string of the molecule is CCn1cc(-c2ccc3c(c2)CC(C)N(CC(C)(C)F)[C@H]3c2c(F)cc(/C=C/C(=O)O)cc2F)cn1. The van der Waals surface area contributed by atoms with E-state index in [-0.39, 0.29) is 23.7 Å². The molecular formula is C28H30F3N3O2. The highest BCUT2D eigenvalue weighted by Crippen LogP contribution is 2.42. The Morgan fingerprint density at radius 1 is 1.19 bits per heavy atom. The van der Waals surface area contributed by atoms with Crippen molar-refractivity contribution in [2.75, 3.05) is 6.54 Å². The molecule has 2 aromatic carbocycles. The normalized spacial score (nSPS) is 18.5. The number of benzene rings is 2. The van der Waals surface area contributed by atoms with Gasteiger partial charge in [-0.05, 0) is 74.6 Å². The summed E-state index contributed by atoms with van der Waals surface area (Å²) in [6, 6.07) is 6.98. The van der Waals surface area contributed by atoms with Gasteiger partial charge in [-0.1, -0.05) is 18.2 Å². The van der Waals surface area contributed by atoms with Crippen LogP contribution >= 0.6 is 0 Å². The van der Waals surface area contributed by atoms with E-state index in [4.69, 9.17) is 5.11 Å². The highest BCUT2D eigenvalue weighted by Gasteiger charge is 2.39. The first-order chi connectivity index (χ1) is 17.0. The van der Waals surface area contributed by atoms with Gasteiger partial charge >= 0.3 is 5.97 Å². The Hall–Kier alpha value is -3.39. The maximum Gasteiger partial charge on any atom is 0.328 e. The first-order valence-corrected chi connectivity index (χ1v) is 12.0. The Bertz CT molecular complexity index is 1290. The molecule has 2 heterocycles. The number of hydrogen-bond acceptors (Lipinski definition) is 3. The number of aryl methyl sites for hydroxylation is 1. The van der Waals surface area contributed by atoms with E-state index >= 15 is 8.78 Å². The van der Waals surface area contributed by atoms with Crippen molar-refractivity contribution in [2.45, 2.75) is 58.4 Å². The highest BCUT2D eigenvalue weighted by atomic mass is 19.1. The van der Waals surface area contributed by atoms with Crippen molar-refractivity contribution >= 4 is 12.0 Å². The summed E-state index contributed by atoms with van der Waals surface area (Å²) < 4.78 is 47.7. The molecule has 5 nitrogen and oxygen atoms in total. The zero-order valence-electron chi connectivity index (χ0n) is 20.8. The van der Waals surface area contributed by atoms with Gasteiger partial charge in [0.15, 0.2) is 0 Å². The van der Waals surface area contributed by atoms with E-state index in [2.05, 4.69) is 5.10 Å². The Kier molecular flexibility index (Phi) is 7.09. The van der Waals surface area contributed by atoms with E-state index in [1.54, 1.807) is 6.20 Å². The Morgan fingerprint density at radius 3 is 2.47 bits per heavy atom. The molecule has 0 radical (unpaired) electrons. The smallest absolute Gasteiger partial charge is 0.328 e. The predicted octanol–water partition coefficient (Wildman–Crippen LogP) is 6.03. The van der Waals surface area contributed by atoms with Crippen LogP contribution in [-0.2, 0) is 17.8 Å².